The molecule has 0 aliphatic carbocycles. The monoisotopic (exact) mass is 167 g/mol. The van der Waals surface area contributed by atoms with E-state index in [0.29, 0.717) is 0 Å². The molecule has 0 heterocycles. The number of hydrogen-bond donors (Lipinski definition) is 1. The van der Waals surface area contributed by atoms with E-state index in [0.717, 1.165) is 12.5 Å². The normalized spacial score (nSPS) is 9.20. The van der Waals surface area contributed by atoms with Crippen molar-refractivity contribution >= 4 is 15.7 Å². The molecule has 0 saturated heterocycles. The van der Waals surface area contributed by atoms with Crippen molar-refractivity contribution in [2.24, 2.45) is 0 Å². The van der Waals surface area contributed by atoms with Crippen molar-refractivity contribution < 1.29 is 13.2 Å². The maximum Gasteiger partial charge on any atom is 0.216 e. The van der Waals surface area contributed by atoms with Crippen molar-refractivity contribution in [2.45, 2.75) is 6.92 Å². The lowest BCUT2D eigenvalue weighted by Crippen LogP contribution is -2.11. The zero-order chi connectivity index (χ0) is 8.78. The van der Waals surface area contributed by atoms with Gasteiger partial charge in [0, 0.05) is 26.5 Å². The first kappa shape index (κ1) is 12.1. The molecule has 1 amide bonds. The molecule has 0 aromatic rings. The van der Waals surface area contributed by atoms with Gasteiger partial charge in [0.05, 0.1) is 0 Å². The fourth-order valence-corrected chi connectivity index (χ4v) is 0. The van der Waals surface area contributed by atoms with E-state index in [4.69, 9.17) is 0 Å². The Balaban J connectivity index is 0. The highest BCUT2D eigenvalue weighted by atomic mass is 32.2. The van der Waals surface area contributed by atoms with Crippen molar-refractivity contribution in [2.75, 3.05) is 19.6 Å². The van der Waals surface area contributed by atoms with Crippen molar-refractivity contribution in [1.82, 2.24) is 5.32 Å². The molecule has 0 aromatic heterocycles. The van der Waals surface area contributed by atoms with Crippen LogP contribution in [0.1, 0.15) is 6.92 Å². The van der Waals surface area contributed by atoms with Crippen LogP contribution in [0.3, 0.4) is 0 Å². The van der Waals surface area contributed by atoms with E-state index in [9.17, 15) is 13.2 Å². The molecule has 10 heavy (non-hydrogen) atoms. The second-order valence-electron chi connectivity index (χ2n) is 1.95. The van der Waals surface area contributed by atoms with Gasteiger partial charge in [-0.15, -0.1) is 0 Å². The molecule has 0 aliphatic heterocycles. The van der Waals surface area contributed by atoms with E-state index in [1.807, 2.05) is 0 Å². The number of carbonyl (C=O) groups is 1. The Morgan fingerprint density at radius 1 is 1.30 bits per heavy atom. The topological polar surface area (TPSA) is 63.2 Å². The molecule has 0 aromatic carbocycles. The van der Waals surface area contributed by atoms with Crippen molar-refractivity contribution in [3.05, 3.63) is 0 Å². The molecular formula is C5H13NO3S. The van der Waals surface area contributed by atoms with Crippen LogP contribution in [0.4, 0.5) is 0 Å². The summed E-state index contributed by atoms with van der Waals surface area (Å²) in [4.78, 5) is 9.70. The number of sulfone groups is 1. The SMILES string of the molecule is CNC(C)=O.CS(C)(=O)=O. The van der Waals surface area contributed by atoms with Crippen LogP contribution >= 0.6 is 0 Å². The highest BCUT2D eigenvalue weighted by molar-refractivity contribution is 7.89. The average molecular weight is 167 g/mol. The zero-order valence-corrected chi connectivity index (χ0v) is 7.45. The van der Waals surface area contributed by atoms with Gasteiger partial charge in [0.1, 0.15) is 9.84 Å². The lowest BCUT2D eigenvalue weighted by atomic mass is 10.7. The Morgan fingerprint density at radius 3 is 1.40 bits per heavy atom. The summed E-state index contributed by atoms with van der Waals surface area (Å²) in [5, 5.41) is 2.39. The quantitative estimate of drug-likeness (QED) is 0.524. The summed E-state index contributed by atoms with van der Waals surface area (Å²) < 4.78 is 19.3. The minimum absolute atomic E-state index is 0.00463. The standard InChI is InChI=1S/C3H7NO.C2H6O2S/c1-3(5)4-2;1-5(2,3)4/h1-2H3,(H,4,5);1-2H3. The Bertz CT molecular complexity index is 175. The maximum atomic E-state index is 9.70. The third-order valence-corrected chi connectivity index (χ3v) is 0.352. The van der Waals surface area contributed by atoms with Gasteiger partial charge in [0.2, 0.25) is 5.91 Å². The minimum atomic E-state index is -2.67. The summed E-state index contributed by atoms with van der Waals surface area (Å²) in [5.74, 6) is 0.00463. The molecule has 62 valence electrons. The van der Waals surface area contributed by atoms with Crippen LogP contribution in [0.2, 0.25) is 0 Å². The van der Waals surface area contributed by atoms with Gasteiger partial charge in [-0.05, 0) is 0 Å². The largest absolute Gasteiger partial charge is 0.359 e. The lowest BCUT2D eigenvalue weighted by molar-refractivity contribution is -0.118. The molecule has 0 aliphatic rings. The van der Waals surface area contributed by atoms with Crippen molar-refractivity contribution in [3.8, 4) is 0 Å². The second-order valence-corrected chi connectivity index (χ2v) is 4.24. The van der Waals surface area contributed by atoms with Gasteiger partial charge in [-0.3, -0.25) is 4.79 Å². The smallest absolute Gasteiger partial charge is 0.216 e. The summed E-state index contributed by atoms with van der Waals surface area (Å²) in [5.41, 5.74) is 0. The number of carbonyl (C=O) groups excluding carboxylic acids is 1. The number of rotatable bonds is 0. The molecule has 0 spiro atoms. The van der Waals surface area contributed by atoms with Crippen molar-refractivity contribution in [1.29, 1.82) is 0 Å². The molecule has 5 heteroatoms. The predicted octanol–water partition coefficient (Wildman–Crippen LogP) is -0.587. The second kappa shape index (κ2) is 5.22. The van der Waals surface area contributed by atoms with E-state index >= 15 is 0 Å². The summed E-state index contributed by atoms with van der Waals surface area (Å²) >= 11 is 0. The number of hydrogen-bond acceptors (Lipinski definition) is 3. The molecule has 0 rings (SSSR count). The number of nitrogens with one attached hydrogen (secondary N) is 1. The van der Waals surface area contributed by atoms with Crippen LogP contribution in [0.25, 0.3) is 0 Å². The van der Waals surface area contributed by atoms with Gasteiger partial charge in [-0.1, -0.05) is 0 Å². The molecule has 0 atom stereocenters. The van der Waals surface area contributed by atoms with E-state index in [1.165, 1.54) is 6.92 Å². The molecule has 0 unspecified atom stereocenters. The Labute approximate surface area is 61.5 Å². The zero-order valence-electron chi connectivity index (χ0n) is 6.63. The van der Waals surface area contributed by atoms with E-state index in [-0.39, 0.29) is 5.91 Å². The lowest BCUT2D eigenvalue weighted by Gasteiger charge is -1.80. The van der Waals surface area contributed by atoms with Gasteiger partial charge >= 0.3 is 0 Å². The molecule has 1 N–H and O–H groups in total. The van der Waals surface area contributed by atoms with E-state index in [2.05, 4.69) is 5.32 Å². The molecule has 0 radical (unpaired) electrons. The molecule has 0 bridgehead atoms. The molecular weight excluding hydrogens is 154 g/mol. The van der Waals surface area contributed by atoms with E-state index in [1.54, 1.807) is 7.05 Å². The van der Waals surface area contributed by atoms with Crippen LogP contribution in [0, 0.1) is 0 Å². The molecule has 0 saturated carbocycles. The third-order valence-electron chi connectivity index (χ3n) is 0.352. The summed E-state index contributed by atoms with van der Waals surface area (Å²) in [6.07, 6.45) is 2.32. The highest BCUT2D eigenvalue weighted by Crippen LogP contribution is 1.61. The van der Waals surface area contributed by atoms with Crippen LogP contribution in [-0.2, 0) is 14.6 Å². The van der Waals surface area contributed by atoms with Gasteiger partial charge in [0.15, 0.2) is 0 Å². The highest BCUT2D eigenvalue weighted by Gasteiger charge is 1.79. The van der Waals surface area contributed by atoms with Crippen molar-refractivity contribution in [3.63, 3.8) is 0 Å². The third kappa shape index (κ3) is 152. The fraction of sp³-hybridized carbons (Fsp3) is 0.800. The minimum Gasteiger partial charge on any atom is -0.359 e. The Morgan fingerprint density at radius 2 is 1.40 bits per heavy atom. The summed E-state index contributed by atoms with van der Waals surface area (Å²) in [6, 6.07) is 0. The first-order valence-corrected chi connectivity index (χ1v) is 4.90. The molecule has 0 fully saturated rings. The Kier molecular flexibility index (Phi) is 6.34. The number of amides is 1. The first-order chi connectivity index (χ1) is 4.27. The van der Waals surface area contributed by atoms with E-state index < -0.39 is 9.84 Å². The van der Waals surface area contributed by atoms with Gasteiger partial charge in [-0.2, -0.15) is 0 Å². The maximum absolute atomic E-state index is 9.70. The fourth-order valence-electron chi connectivity index (χ4n) is 0. The summed E-state index contributed by atoms with van der Waals surface area (Å²) in [7, 11) is -1.07. The average Bonchev–Trinajstić information content (AvgIpc) is 1.61. The van der Waals surface area contributed by atoms with Gasteiger partial charge in [-0.25, -0.2) is 8.42 Å². The Hall–Kier alpha value is -0.580. The van der Waals surface area contributed by atoms with Gasteiger partial charge < -0.3 is 5.32 Å². The van der Waals surface area contributed by atoms with Crippen LogP contribution in [0.5, 0.6) is 0 Å². The predicted molar refractivity (Wildman–Crippen MR) is 40.5 cm³/mol. The van der Waals surface area contributed by atoms with Crippen LogP contribution < -0.4 is 5.32 Å². The van der Waals surface area contributed by atoms with Crippen LogP contribution in [-0.4, -0.2) is 33.9 Å². The molecule has 4 nitrogen and oxygen atoms in total. The van der Waals surface area contributed by atoms with Gasteiger partial charge in [0.25, 0.3) is 0 Å². The van der Waals surface area contributed by atoms with Crippen LogP contribution in [0.15, 0.2) is 0 Å². The summed E-state index contributed by atoms with van der Waals surface area (Å²) in [6.45, 7) is 1.47. The first-order valence-electron chi connectivity index (χ1n) is 2.60.